The van der Waals surface area contributed by atoms with Crippen molar-refractivity contribution in [2.45, 2.75) is 26.9 Å². The predicted molar refractivity (Wildman–Crippen MR) is 88.2 cm³/mol. The summed E-state index contributed by atoms with van der Waals surface area (Å²) in [5.74, 6) is -2.18. The molecule has 0 saturated carbocycles. The number of nitrogens with zero attached hydrogens (tertiary/aromatic N) is 2. The molecule has 1 unspecified atom stereocenters. The topological polar surface area (TPSA) is 84.2 Å². The van der Waals surface area contributed by atoms with E-state index in [1.165, 1.54) is 24.3 Å². The van der Waals surface area contributed by atoms with E-state index in [-0.39, 0.29) is 23.4 Å². The molecule has 2 N–H and O–H groups in total. The van der Waals surface area contributed by atoms with E-state index in [1.807, 2.05) is 13.8 Å². The van der Waals surface area contributed by atoms with Crippen molar-refractivity contribution in [1.29, 1.82) is 0 Å². The number of anilines is 1. The first-order valence-corrected chi connectivity index (χ1v) is 7.82. The largest absolute Gasteiger partial charge is 0.478 e. The predicted octanol–water partition coefficient (Wildman–Crippen LogP) is 3.82. The lowest BCUT2D eigenvalue weighted by Crippen LogP contribution is -2.24. The second kappa shape index (κ2) is 7.19. The number of hydrogen-bond acceptors (Lipinski definition) is 3. The molecule has 6 nitrogen and oxygen atoms in total. The summed E-state index contributed by atoms with van der Waals surface area (Å²) in [6.45, 7) is 5.51. The van der Waals surface area contributed by atoms with Crippen LogP contribution in [0.4, 0.5) is 18.9 Å². The van der Waals surface area contributed by atoms with Gasteiger partial charge in [0.2, 0.25) is 5.91 Å². The van der Waals surface area contributed by atoms with E-state index in [4.69, 9.17) is 5.11 Å². The summed E-state index contributed by atoms with van der Waals surface area (Å²) in [6, 6.07) is 5.63. The highest BCUT2D eigenvalue weighted by molar-refractivity contribution is 5.92. The Labute approximate surface area is 147 Å². The zero-order valence-corrected chi connectivity index (χ0v) is 14.3. The van der Waals surface area contributed by atoms with E-state index < -0.39 is 23.4 Å². The molecule has 140 valence electrons. The Morgan fingerprint density at radius 3 is 2.42 bits per heavy atom. The van der Waals surface area contributed by atoms with Crippen molar-refractivity contribution in [1.82, 2.24) is 9.78 Å². The fourth-order valence-electron chi connectivity index (χ4n) is 2.25. The highest BCUT2D eigenvalue weighted by Crippen LogP contribution is 2.34. The molecule has 1 atom stereocenters. The van der Waals surface area contributed by atoms with Crippen LogP contribution in [-0.2, 0) is 11.0 Å². The third-order valence-electron chi connectivity index (χ3n) is 4.04. The van der Waals surface area contributed by atoms with Crippen LogP contribution in [0.1, 0.15) is 36.8 Å². The maximum absolute atomic E-state index is 13.3. The van der Waals surface area contributed by atoms with Crippen molar-refractivity contribution >= 4 is 17.6 Å². The molecule has 0 spiro atoms. The fraction of sp³-hybridized carbons (Fsp3) is 0.353. The molecule has 1 aromatic heterocycles. The Kier molecular flexibility index (Phi) is 5.38. The Hall–Kier alpha value is -2.84. The third kappa shape index (κ3) is 4.04. The van der Waals surface area contributed by atoms with Gasteiger partial charge in [-0.05, 0) is 24.1 Å². The van der Waals surface area contributed by atoms with Crippen LogP contribution in [-0.4, -0.2) is 26.8 Å². The molecule has 0 aliphatic heterocycles. The van der Waals surface area contributed by atoms with Gasteiger partial charge >= 0.3 is 12.1 Å². The van der Waals surface area contributed by atoms with Gasteiger partial charge in [0, 0.05) is 11.6 Å². The van der Waals surface area contributed by atoms with Crippen LogP contribution in [0.5, 0.6) is 0 Å². The van der Waals surface area contributed by atoms with Gasteiger partial charge in [-0.25, -0.2) is 9.48 Å². The van der Waals surface area contributed by atoms with E-state index in [9.17, 15) is 22.8 Å². The Morgan fingerprint density at radius 2 is 1.88 bits per heavy atom. The lowest BCUT2D eigenvalue weighted by molar-refractivity contribution is -0.143. The summed E-state index contributed by atoms with van der Waals surface area (Å²) in [6.07, 6.45) is -4.26. The van der Waals surface area contributed by atoms with Gasteiger partial charge in [0.15, 0.2) is 5.69 Å². The van der Waals surface area contributed by atoms with E-state index in [1.54, 1.807) is 6.92 Å². The van der Waals surface area contributed by atoms with Gasteiger partial charge in [-0.2, -0.15) is 18.3 Å². The second-order valence-corrected chi connectivity index (χ2v) is 6.19. The van der Waals surface area contributed by atoms with Gasteiger partial charge in [0.25, 0.3) is 0 Å². The summed E-state index contributed by atoms with van der Waals surface area (Å²) in [4.78, 5) is 23.2. The van der Waals surface area contributed by atoms with E-state index in [2.05, 4.69) is 10.4 Å². The van der Waals surface area contributed by atoms with Crippen LogP contribution in [0, 0.1) is 11.8 Å². The van der Waals surface area contributed by atoms with Crippen LogP contribution in [0.3, 0.4) is 0 Å². The molecule has 26 heavy (non-hydrogen) atoms. The quantitative estimate of drug-likeness (QED) is 0.839. The molecule has 0 radical (unpaired) electrons. The Morgan fingerprint density at radius 1 is 1.23 bits per heavy atom. The summed E-state index contributed by atoms with van der Waals surface area (Å²) in [7, 11) is 0. The number of alkyl halides is 3. The summed E-state index contributed by atoms with van der Waals surface area (Å²) in [5, 5.41) is 15.2. The third-order valence-corrected chi connectivity index (χ3v) is 4.04. The Balaban J connectivity index is 2.43. The molecule has 0 fully saturated rings. The van der Waals surface area contributed by atoms with Gasteiger partial charge in [-0.1, -0.05) is 26.8 Å². The number of halogens is 3. The lowest BCUT2D eigenvalue weighted by atomic mass is 9.97. The van der Waals surface area contributed by atoms with Crippen LogP contribution in [0.15, 0.2) is 30.5 Å². The monoisotopic (exact) mass is 369 g/mol. The molecular weight excluding hydrogens is 351 g/mol. The van der Waals surface area contributed by atoms with Crippen LogP contribution < -0.4 is 5.32 Å². The average Bonchev–Trinajstić information content (AvgIpc) is 2.99. The van der Waals surface area contributed by atoms with Gasteiger partial charge in [-0.3, -0.25) is 4.79 Å². The SMILES string of the molecule is CC(C)C(C)C(=O)Nc1cccc(-n2ncc(C(=O)O)c2C(F)(F)F)c1. The highest BCUT2D eigenvalue weighted by Gasteiger charge is 2.40. The Bertz CT molecular complexity index is 828. The minimum absolute atomic E-state index is 0.0141. The number of nitrogens with one attached hydrogen (secondary N) is 1. The molecule has 2 rings (SSSR count). The number of hydrogen-bond donors (Lipinski definition) is 2. The molecule has 1 aromatic carbocycles. The number of carbonyl (C=O) groups is 2. The maximum Gasteiger partial charge on any atom is 0.434 e. The zero-order chi connectivity index (χ0) is 19.6. The first kappa shape index (κ1) is 19.5. The number of carbonyl (C=O) groups excluding carboxylic acids is 1. The van der Waals surface area contributed by atoms with Crippen LogP contribution >= 0.6 is 0 Å². The van der Waals surface area contributed by atoms with Crippen molar-refractivity contribution < 1.29 is 27.9 Å². The highest BCUT2D eigenvalue weighted by atomic mass is 19.4. The number of carboxylic acids is 1. The minimum Gasteiger partial charge on any atom is -0.478 e. The zero-order valence-electron chi connectivity index (χ0n) is 14.3. The first-order chi connectivity index (χ1) is 12.0. The standard InChI is InChI=1S/C17H18F3N3O3/c1-9(2)10(3)15(24)22-11-5-4-6-12(7-11)23-14(17(18,19)20)13(8-21-23)16(25)26/h4-10H,1-3H3,(H,22,24)(H,25,26). The summed E-state index contributed by atoms with van der Waals surface area (Å²) < 4.78 is 40.4. The maximum atomic E-state index is 13.3. The number of aromatic nitrogens is 2. The van der Waals surface area contributed by atoms with Crippen molar-refractivity contribution in [2.24, 2.45) is 11.8 Å². The molecule has 1 heterocycles. The number of benzene rings is 1. The first-order valence-electron chi connectivity index (χ1n) is 7.82. The number of amides is 1. The minimum atomic E-state index is -4.91. The van der Waals surface area contributed by atoms with Crippen molar-refractivity contribution in [2.75, 3.05) is 5.32 Å². The summed E-state index contributed by atoms with van der Waals surface area (Å²) >= 11 is 0. The van der Waals surface area contributed by atoms with Crippen molar-refractivity contribution in [3.63, 3.8) is 0 Å². The number of aromatic carboxylic acids is 1. The normalized spacial score (nSPS) is 12.9. The van der Waals surface area contributed by atoms with Crippen molar-refractivity contribution in [3.05, 3.63) is 41.7 Å². The number of carboxylic acid groups (broad SMARTS) is 1. The smallest absolute Gasteiger partial charge is 0.434 e. The van der Waals surface area contributed by atoms with Gasteiger partial charge < -0.3 is 10.4 Å². The molecule has 2 aromatic rings. The second-order valence-electron chi connectivity index (χ2n) is 6.19. The van der Waals surface area contributed by atoms with E-state index in [0.717, 1.165) is 0 Å². The van der Waals surface area contributed by atoms with E-state index >= 15 is 0 Å². The van der Waals surface area contributed by atoms with E-state index in [0.29, 0.717) is 16.6 Å². The molecular formula is C17H18F3N3O3. The van der Waals surface area contributed by atoms with Gasteiger partial charge in [-0.15, -0.1) is 0 Å². The fourth-order valence-corrected chi connectivity index (χ4v) is 2.25. The molecule has 0 saturated heterocycles. The molecule has 0 aliphatic rings. The van der Waals surface area contributed by atoms with Crippen LogP contribution in [0.2, 0.25) is 0 Å². The molecule has 0 aliphatic carbocycles. The van der Waals surface area contributed by atoms with Gasteiger partial charge in [0.05, 0.1) is 11.9 Å². The molecule has 1 amide bonds. The summed E-state index contributed by atoms with van der Waals surface area (Å²) in [5.41, 5.74) is -2.05. The molecule has 0 bridgehead atoms. The molecule has 9 heteroatoms. The van der Waals surface area contributed by atoms with Crippen LogP contribution in [0.25, 0.3) is 5.69 Å². The average molecular weight is 369 g/mol. The van der Waals surface area contributed by atoms with Crippen molar-refractivity contribution in [3.8, 4) is 5.69 Å². The lowest BCUT2D eigenvalue weighted by Gasteiger charge is -2.16. The van der Waals surface area contributed by atoms with Gasteiger partial charge in [0.1, 0.15) is 5.56 Å². The number of rotatable bonds is 5.